The zero-order valence-electron chi connectivity index (χ0n) is 9.59. The van der Waals surface area contributed by atoms with Crippen LogP contribution in [-0.4, -0.2) is 35.2 Å². The number of hydrogen-bond donors (Lipinski definition) is 3. The van der Waals surface area contributed by atoms with Gasteiger partial charge in [0.05, 0.1) is 6.10 Å². The van der Waals surface area contributed by atoms with Crippen LogP contribution >= 0.6 is 0 Å². The molecule has 17 heavy (non-hydrogen) atoms. The third-order valence-electron chi connectivity index (χ3n) is 3.50. The lowest BCUT2D eigenvalue weighted by molar-refractivity contribution is -0.0396. The summed E-state index contributed by atoms with van der Waals surface area (Å²) in [5.41, 5.74) is 0. The molecule has 0 unspecified atom stereocenters. The highest BCUT2D eigenvalue weighted by atomic mass is 19.3. The summed E-state index contributed by atoms with van der Waals surface area (Å²) in [4.78, 5) is 11.5. The molecule has 0 saturated heterocycles. The van der Waals surface area contributed by atoms with Crippen molar-refractivity contribution in [3.8, 4) is 0 Å². The lowest BCUT2D eigenvalue weighted by Gasteiger charge is -2.33. The van der Waals surface area contributed by atoms with Gasteiger partial charge in [0, 0.05) is 24.9 Å². The average molecular weight is 248 g/mol. The van der Waals surface area contributed by atoms with Gasteiger partial charge in [0.15, 0.2) is 0 Å². The molecule has 0 aliphatic heterocycles. The van der Waals surface area contributed by atoms with Crippen molar-refractivity contribution in [2.75, 3.05) is 0 Å². The molecule has 0 aromatic carbocycles. The van der Waals surface area contributed by atoms with Gasteiger partial charge in [0.25, 0.3) is 0 Å². The first kappa shape index (κ1) is 12.5. The molecule has 0 aromatic heterocycles. The van der Waals surface area contributed by atoms with Crippen molar-refractivity contribution in [2.24, 2.45) is 0 Å². The highest BCUT2D eigenvalue weighted by Gasteiger charge is 2.35. The van der Waals surface area contributed by atoms with Gasteiger partial charge in [-0.1, -0.05) is 0 Å². The Labute approximate surface area is 98.8 Å². The number of carbonyl (C=O) groups excluding carboxylic acids is 1. The highest BCUT2D eigenvalue weighted by molar-refractivity contribution is 5.74. The van der Waals surface area contributed by atoms with E-state index in [-0.39, 0.29) is 37.1 Å². The van der Waals surface area contributed by atoms with Gasteiger partial charge in [-0.15, -0.1) is 0 Å². The Bertz CT molecular complexity index is 283. The number of halogens is 2. The minimum Gasteiger partial charge on any atom is -0.393 e. The fraction of sp³-hybridized carbons (Fsp3) is 0.909. The summed E-state index contributed by atoms with van der Waals surface area (Å²) in [7, 11) is 0. The maximum atomic E-state index is 12.9. The fourth-order valence-electron chi connectivity index (χ4n) is 2.30. The molecule has 2 aliphatic rings. The van der Waals surface area contributed by atoms with Gasteiger partial charge in [-0.3, -0.25) is 0 Å². The number of hydrogen-bond acceptors (Lipinski definition) is 2. The van der Waals surface area contributed by atoms with E-state index in [1.165, 1.54) is 0 Å². The van der Waals surface area contributed by atoms with Gasteiger partial charge in [-0.05, 0) is 25.7 Å². The predicted octanol–water partition coefficient (Wildman–Crippen LogP) is 1.39. The molecule has 0 heterocycles. The van der Waals surface area contributed by atoms with E-state index in [9.17, 15) is 13.6 Å². The Morgan fingerprint density at radius 2 is 1.65 bits per heavy atom. The molecular weight excluding hydrogens is 230 g/mol. The monoisotopic (exact) mass is 248 g/mol. The van der Waals surface area contributed by atoms with Crippen LogP contribution in [0.1, 0.15) is 38.5 Å². The van der Waals surface area contributed by atoms with Crippen molar-refractivity contribution in [2.45, 2.75) is 62.6 Å². The average Bonchev–Trinajstić information content (AvgIpc) is 2.19. The van der Waals surface area contributed by atoms with Gasteiger partial charge in [-0.2, -0.15) is 0 Å². The number of aliphatic hydroxyl groups excluding tert-OH is 1. The Hall–Kier alpha value is -0.910. The van der Waals surface area contributed by atoms with Crippen molar-refractivity contribution in [3.05, 3.63) is 0 Å². The van der Waals surface area contributed by atoms with Crippen molar-refractivity contribution in [1.82, 2.24) is 10.6 Å². The maximum Gasteiger partial charge on any atom is 0.315 e. The number of alkyl halides is 2. The van der Waals surface area contributed by atoms with Crippen LogP contribution in [0.15, 0.2) is 0 Å². The lowest BCUT2D eigenvalue weighted by Crippen LogP contribution is -2.52. The van der Waals surface area contributed by atoms with E-state index in [2.05, 4.69) is 10.6 Å². The van der Waals surface area contributed by atoms with Gasteiger partial charge < -0.3 is 15.7 Å². The van der Waals surface area contributed by atoms with E-state index < -0.39 is 5.92 Å². The number of aliphatic hydroxyl groups is 1. The zero-order valence-corrected chi connectivity index (χ0v) is 9.59. The summed E-state index contributed by atoms with van der Waals surface area (Å²) < 4.78 is 25.8. The lowest BCUT2D eigenvalue weighted by atomic mass is 9.89. The molecule has 0 atom stereocenters. The fourth-order valence-corrected chi connectivity index (χ4v) is 2.30. The van der Waals surface area contributed by atoms with Gasteiger partial charge in [0.2, 0.25) is 5.92 Å². The Morgan fingerprint density at radius 1 is 1.12 bits per heavy atom. The third-order valence-corrected chi connectivity index (χ3v) is 3.50. The standard InChI is InChI=1S/C11H18F2N2O2/c12-11(13)3-1-7(2-4-11)14-10(17)15-8-5-9(16)6-8/h7-9,16H,1-6H2,(H2,14,15,17). The van der Waals surface area contributed by atoms with Crippen LogP contribution in [0.25, 0.3) is 0 Å². The third kappa shape index (κ3) is 3.52. The van der Waals surface area contributed by atoms with E-state index >= 15 is 0 Å². The molecule has 3 N–H and O–H groups in total. The summed E-state index contributed by atoms with van der Waals surface area (Å²) in [6.45, 7) is 0. The van der Waals surface area contributed by atoms with Crippen molar-refractivity contribution in [1.29, 1.82) is 0 Å². The Balaban J connectivity index is 1.66. The number of nitrogens with one attached hydrogen (secondary N) is 2. The van der Waals surface area contributed by atoms with Crippen LogP contribution in [0.4, 0.5) is 13.6 Å². The normalized spacial score (nSPS) is 32.6. The van der Waals surface area contributed by atoms with Crippen LogP contribution in [0, 0.1) is 0 Å². The first-order valence-corrected chi connectivity index (χ1v) is 6.07. The summed E-state index contributed by atoms with van der Waals surface area (Å²) in [6.07, 6.45) is 1.20. The molecule has 2 amide bonds. The quantitative estimate of drug-likeness (QED) is 0.691. The first-order chi connectivity index (χ1) is 7.94. The van der Waals surface area contributed by atoms with Gasteiger partial charge in [0.1, 0.15) is 0 Å². The van der Waals surface area contributed by atoms with E-state index in [1.54, 1.807) is 0 Å². The summed E-state index contributed by atoms with van der Waals surface area (Å²) in [5, 5.41) is 14.5. The van der Waals surface area contributed by atoms with Crippen molar-refractivity contribution in [3.63, 3.8) is 0 Å². The topological polar surface area (TPSA) is 61.4 Å². The minimum absolute atomic E-state index is 0.0232. The molecular formula is C11H18F2N2O2. The van der Waals surface area contributed by atoms with Crippen LogP contribution < -0.4 is 10.6 Å². The molecule has 4 nitrogen and oxygen atoms in total. The molecule has 98 valence electrons. The molecule has 6 heteroatoms. The number of amides is 2. The highest BCUT2D eigenvalue weighted by Crippen LogP contribution is 2.32. The maximum absolute atomic E-state index is 12.9. The van der Waals surface area contributed by atoms with E-state index in [0.717, 1.165) is 0 Å². The Kier molecular flexibility index (Phi) is 3.51. The molecule has 2 rings (SSSR count). The van der Waals surface area contributed by atoms with Gasteiger partial charge >= 0.3 is 6.03 Å². The molecule has 0 radical (unpaired) electrons. The van der Waals surface area contributed by atoms with Crippen LogP contribution in [-0.2, 0) is 0 Å². The van der Waals surface area contributed by atoms with Crippen molar-refractivity contribution < 1.29 is 18.7 Å². The zero-order chi connectivity index (χ0) is 12.5. The number of rotatable bonds is 2. The second-order valence-corrected chi connectivity index (χ2v) is 5.07. The summed E-state index contributed by atoms with van der Waals surface area (Å²) in [5.74, 6) is -2.56. The molecule has 2 aliphatic carbocycles. The van der Waals surface area contributed by atoms with Gasteiger partial charge in [-0.25, -0.2) is 13.6 Å². The molecule has 2 saturated carbocycles. The molecule has 2 fully saturated rings. The second-order valence-electron chi connectivity index (χ2n) is 5.07. The summed E-state index contributed by atoms with van der Waals surface area (Å²) in [6, 6.07) is -0.438. The van der Waals surface area contributed by atoms with E-state index in [0.29, 0.717) is 25.7 Å². The summed E-state index contributed by atoms with van der Waals surface area (Å²) >= 11 is 0. The van der Waals surface area contributed by atoms with Crippen LogP contribution in [0.3, 0.4) is 0 Å². The van der Waals surface area contributed by atoms with E-state index in [1.807, 2.05) is 0 Å². The van der Waals surface area contributed by atoms with E-state index in [4.69, 9.17) is 5.11 Å². The van der Waals surface area contributed by atoms with Crippen molar-refractivity contribution >= 4 is 6.03 Å². The number of carbonyl (C=O) groups is 1. The Morgan fingerprint density at radius 3 is 2.18 bits per heavy atom. The molecule has 0 aromatic rings. The SMILES string of the molecule is O=C(NC1CCC(F)(F)CC1)NC1CC(O)C1. The smallest absolute Gasteiger partial charge is 0.315 e. The van der Waals surface area contributed by atoms with Crippen LogP contribution in [0.2, 0.25) is 0 Å². The first-order valence-electron chi connectivity index (χ1n) is 6.07. The molecule has 0 spiro atoms. The minimum atomic E-state index is -2.56. The van der Waals surface area contributed by atoms with Crippen LogP contribution in [0.5, 0.6) is 0 Å². The number of urea groups is 1. The second kappa shape index (κ2) is 4.76. The largest absolute Gasteiger partial charge is 0.393 e. The predicted molar refractivity (Wildman–Crippen MR) is 57.9 cm³/mol. The molecule has 0 bridgehead atoms.